The van der Waals surface area contributed by atoms with E-state index in [4.69, 9.17) is 9.47 Å². The van der Waals surface area contributed by atoms with Crippen LogP contribution in [0.1, 0.15) is 29.2 Å². The highest BCUT2D eigenvalue weighted by atomic mass is 16.5. The molecule has 0 aromatic carbocycles. The fourth-order valence-electron chi connectivity index (χ4n) is 5.26. The van der Waals surface area contributed by atoms with Gasteiger partial charge in [0.05, 0.1) is 20.3 Å². The van der Waals surface area contributed by atoms with Gasteiger partial charge < -0.3 is 14.0 Å². The van der Waals surface area contributed by atoms with E-state index in [2.05, 4.69) is 37.5 Å². The number of hydrogen-bond donors (Lipinski definition) is 0. The lowest BCUT2D eigenvalue weighted by molar-refractivity contribution is 0.0338. The molecule has 160 valence electrons. The Kier molecular flexibility index (Phi) is 5.58. The molecule has 5 rings (SSSR count). The third-order valence-corrected chi connectivity index (χ3v) is 6.67. The zero-order valence-electron chi connectivity index (χ0n) is 17.6. The lowest BCUT2D eigenvalue weighted by Gasteiger charge is -2.43. The summed E-state index contributed by atoms with van der Waals surface area (Å²) in [6.45, 7) is 7.80. The monoisotopic (exact) mass is 410 g/mol. The highest BCUT2D eigenvalue weighted by Crippen LogP contribution is 2.35. The molecule has 3 aliphatic rings. The number of hydrogen-bond acceptors (Lipinski definition) is 6. The van der Waals surface area contributed by atoms with Crippen molar-refractivity contribution in [3.63, 3.8) is 0 Å². The van der Waals surface area contributed by atoms with Gasteiger partial charge in [-0.1, -0.05) is 6.07 Å². The summed E-state index contributed by atoms with van der Waals surface area (Å²) in [5.41, 5.74) is 3.56. The van der Waals surface area contributed by atoms with Crippen molar-refractivity contribution in [3.05, 3.63) is 57.6 Å². The highest BCUT2D eigenvalue weighted by molar-refractivity contribution is 5.24. The SMILES string of the molecule is COc1cc(CN2C[C@@H]3C[C@H](C2)c2ccc(CN4CCOCC4)c(=O)n2C3)ccn1. The van der Waals surface area contributed by atoms with Gasteiger partial charge in [-0.3, -0.25) is 14.6 Å². The smallest absolute Gasteiger partial charge is 0.255 e. The maximum absolute atomic E-state index is 13.2. The fraction of sp³-hybridized carbons (Fsp3) is 0.565. The summed E-state index contributed by atoms with van der Waals surface area (Å²) in [4.78, 5) is 22.3. The summed E-state index contributed by atoms with van der Waals surface area (Å²) in [7, 11) is 1.65. The van der Waals surface area contributed by atoms with Gasteiger partial charge in [-0.2, -0.15) is 0 Å². The minimum atomic E-state index is 0.209. The standard InChI is InChI=1S/C23H30N4O3/c1-29-22-11-17(4-5-24-22)12-26-13-18-10-20(16-26)21-3-2-19(23(28)27(21)14-18)15-25-6-8-30-9-7-25/h2-5,11,18,20H,6-10,12-16H2,1H3/t18-,20+/m0/s1. The molecule has 2 atom stereocenters. The molecule has 0 unspecified atom stereocenters. The van der Waals surface area contributed by atoms with E-state index in [9.17, 15) is 4.79 Å². The lowest BCUT2D eigenvalue weighted by Crippen LogP contribution is -2.47. The van der Waals surface area contributed by atoms with Crippen molar-refractivity contribution >= 4 is 0 Å². The van der Waals surface area contributed by atoms with Crippen LogP contribution in [0.4, 0.5) is 0 Å². The van der Waals surface area contributed by atoms with Crippen molar-refractivity contribution < 1.29 is 9.47 Å². The molecule has 0 radical (unpaired) electrons. The molecule has 2 aromatic heterocycles. The molecule has 2 fully saturated rings. The first-order valence-corrected chi connectivity index (χ1v) is 10.9. The van der Waals surface area contributed by atoms with E-state index in [1.54, 1.807) is 7.11 Å². The van der Waals surface area contributed by atoms with Gasteiger partial charge in [0.1, 0.15) is 0 Å². The molecule has 0 aliphatic carbocycles. The van der Waals surface area contributed by atoms with Gasteiger partial charge in [0.25, 0.3) is 5.56 Å². The number of aromatic nitrogens is 2. The summed E-state index contributed by atoms with van der Waals surface area (Å²) < 4.78 is 12.8. The van der Waals surface area contributed by atoms with Crippen LogP contribution in [0.25, 0.3) is 0 Å². The Bertz CT molecular complexity index is 954. The maximum Gasteiger partial charge on any atom is 0.255 e. The molecule has 0 N–H and O–H groups in total. The molecule has 0 saturated carbocycles. The Labute approximate surface area is 177 Å². The van der Waals surface area contributed by atoms with Crippen LogP contribution in [-0.2, 0) is 24.4 Å². The van der Waals surface area contributed by atoms with Crippen LogP contribution >= 0.6 is 0 Å². The van der Waals surface area contributed by atoms with E-state index in [1.807, 2.05) is 12.3 Å². The second-order valence-electron chi connectivity index (χ2n) is 8.79. The van der Waals surface area contributed by atoms with Gasteiger partial charge in [-0.15, -0.1) is 0 Å². The van der Waals surface area contributed by atoms with Crippen LogP contribution < -0.4 is 10.3 Å². The molecular formula is C23H30N4O3. The van der Waals surface area contributed by atoms with Gasteiger partial charge in [0.15, 0.2) is 0 Å². The first-order valence-electron chi connectivity index (χ1n) is 10.9. The molecule has 0 spiro atoms. The number of likely N-dealkylation sites (tertiary alicyclic amines) is 1. The average Bonchev–Trinajstić information content (AvgIpc) is 2.77. The minimum absolute atomic E-state index is 0.209. The summed E-state index contributed by atoms with van der Waals surface area (Å²) in [6, 6.07) is 8.34. The second-order valence-corrected chi connectivity index (χ2v) is 8.79. The molecule has 0 amide bonds. The van der Waals surface area contributed by atoms with Crippen molar-refractivity contribution in [2.45, 2.75) is 32.0 Å². The van der Waals surface area contributed by atoms with Crippen LogP contribution in [0.2, 0.25) is 0 Å². The molecule has 7 nitrogen and oxygen atoms in total. The molecule has 2 bridgehead atoms. The van der Waals surface area contributed by atoms with E-state index < -0.39 is 0 Å². The largest absolute Gasteiger partial charge is 0.481 e. The number of morpholine rings is 1. The van der Waals surface area contributed by atoms with E-state index >= 15 is 0 Å². The van der Waals surface area contributed by atoms with Crippen molar-refractivity contribution in [1.82, 2.24) is 19.4 Å². The molecule has 30 heavy (non-hydrogen) atoms. The predicted molar refractivity (Wildman–Crippen MR) is 114 cm³/mol. The van der Waals surface area contributed by atoms with Gasteiger partial charge in [-0.25, -0.2) is 4.98 Å². The third-order valence-electron chi connectivity index (χ3n) is 6.67. The van der Waals surface area contributed by atoms with Crippen LogP contribution in [0.5, 0.6) is 5.88 Å². The number of methoxy groups -OCH3 is 1. The van der Waals surface area contributed by atoms with E-state index in [-0.39, 0.29) is 5.56 Å². The van der Waals surface area contributed by atoms with Gasteiger partial charge in [0, 0.05) is 75.3 Å². The van der Waals surface area contributed by atoms with Crippen molar-refractivity contribution in [1.29, 1.82) is 0 Å². The van der Waals surface area contributed by atoms with Crippen molar-refractivity contribution in [2.24, 2.45) is 5.92 Å². The van der Waals surface area contributed by atoms with E-state index in [0.29, 0.717) is 17.7 Å². The molecule has 2 saturated heterocycles. The average molecular weight is 411 g/mol. The van der Waals surface area contributed by atoms with Gasteiger partial charge in [0.2, 0.25) is 5.88 Å². The fourth-order valence-corrected chi connectivity index (χ4v) is 5.26. The summed E-state index contributed by atoms with van der Waals surface area (Å²) in [5.74, 6) is 1.61. The number of piperidine rings is 1. The van der Waals surface area contributed by atoms with Crippen LogP contribution in [-0.4, -0.2) is 65.9 Å². The Morgan fingerprint density at radius 2 is 1.97 bits per heavy atom. The molecule has 7 heteroatoms. The topological polar surface area (TPSA) is 59.8 Å². The first-order chi connectivity index (χ1) is 14.7. The first kappa shape index (κ1) is 19.7. The van der Waals surface area contributed by atoms with Crippen LogP contribution in [0.3, 0.4) is 0 Å². The number of fused-ring (bicyclic) bond motifs is 4. The molecular weight excluding hydrogens is 380 g/mol. The number of rotatable bonds is 5. The Hall–Kier alpha value is -2.22. The van der Waals surface area contributed by atoms with Crippen LogP contribution in [0, 0.1) is 5.92 Å². The third kappa shape index (κ3) is 4.02. The Balaban J connectivity index is 1.32. The summed E-state index contributed by atoms with van der Waals surface area (Å²) in [6.07, 6.45) is 2.99. The van der Waals surface area contributed by atoms with Crippen molar-refractivity contribution in [3.8, 4) is 5.88 Å². The number of nitrogens with zero attached hydrogens (tertiary/aromatic N) is 4. The predicted octanol–water partition coefficient (Wildman–Crippen LogP) is 1.70. The summed E-state index contributed by atoms with van der Waals surface area (Å²) >= 11 is 0. The quantitative estimate of drug-likeness (QED) is 0.748. The van der Waals surface area contributed by atoms with E-state index in [0.717, 1.165) is 64.6 Å². The highest BCUT2D eigenvalue weighted by Gasteiger charge is 2.35. The zero-order chi connectivity index (χ0) is 20.5. The Morgan fingerprint density at radius 3 is 2.80 bits per heavy atom. The molecule has 5 heterocycles. The van der Waals surface area contributed by atoms with Crippen molar-refractivity contribution in [2.75, 3.05) is 46.5 Å². The second kappa shape index (κ2) is 8.49. The Morgan fingerprint density at radius 1 is 1.10 bits per heavy atom. The summed E-state index contributed by atoms with van der Waals surface area (Å²) in [5, 5.41) is 0. The molecule has 3 aliphatic heterocycles. The van der Waals surface area contributed by atoms with Gasteiger partial charge in [-0.05, 0) is 30.0 Å². The number of pyridine rings is 2. The number of ether oxygens (including phenoxy) is 2. The molecule has 2 aromatic rings. The van der Waals surface area contributed by atoms with Gasteiger partial charge >= 0.3 is 0 Å². The van der Waals surface area contributed by atoms with Crippen LogP contribution in [0.15, 0.2) is 35.3 Å². The minimum Gasteiger partial charge on any atom is -0.481 e. The lowest BCUT2D eigenvalue weighted by atomic mass is 9.83. The zero-order valence-corrected chi connectivity index (χ0v) is 17.6. The maximum atomic E-state index is 13.2. The normalized spacial score (nSPS) is 24.4. The van der Waals surface area contributed by atoms with E-state index in [1.165, 1.54) is 17.7 Å².